The molecule has 174 valence electrons. The van der Waals surface area contributed by atoms with Gasteiger partial charge >= 0.3 is 6.09 Å². The molecule has 33 heavy (non-hydrogen) atoms. The first-order valence-electron chi connectivity index (χ1n) is 10.2. The summed E-state index contributed by atoms with van der Waals surface area (Å²) in [4.78, 5) is 30.9. The Balaban J connectivity index is 1.42. The van der Waals surface area contributed by atoms with Gasteiger partial charge in [0, 0.05) is 18.1 Å². The molecule has 0 bridgehead atoms. The van der Waals surface area contributed by atoms with Gasteiger partial charge in [0.15, 0.2) is 11.6 Å². The normalized spacial score (nSPS) is 14.9. The van der Waals surface area contributed by atoms with Gasteiger partial charge in [0.1, 0.15) is 29.1 Å². The van der Waals surface area contributed by atoms with Crippen molar-refractivity contribution in [1.29, 1.82) is 0 Å². The lowest BCUT2D eigenvalue weighted by Gasteiger charge is -2.28. The summed E-state index contributed by atoms with van der Waals surface area (Å²) in [7, 11) is 1.95. The fraction of sp³-hybridized carbons (Fsp3) is 0.318. The van der Waals surface area contributed by atoms with Crippen molar-refractivity contribution in [2.75, 3.05) is 20.1 Å². The quantitative estimate of drug-likeness (QED) is 0.549. The average Bonchev–Trinajstić information content (AvgIpc) is 3.16. The maximum Gasteiger partial charge on any atom is 0.414 e. The number of ether oxygens (including phenoxy) is 2. The largest absolute Gasteiger partial charge is 0.483 e. The lowest BCUT2D eigenvalue weighted by molar-refractivity contribution is 0.0549. The van der Waals surface area contributed by atoms with Crippen molar-refractivity contribution >= 4 is 45.2 Å². The summed E-state index contributed by atoms with van der Waals surface area (Å²) in [6, 6.07) is 7.18. The van der Waals surface area contributed by atoms with Gasteiger partial charge in [-0.3, -0.25) is 10.1 Å². The van der Waals surface area contributed by atoms with Crippen LogP contribution in [0.3, 0.4) is 0 Å². The van der Waals surface area contributed by atoms with Crippen molar-refractivity contribution in [2.45, 2.75) is 25.6 Å². The summed E-state index contributed by atoms with van der Waals surface area (Å²) in [6.07, 6.45) is -0.181. The molecule has 0 spiro atoms. The SMILES string of the molecule is CN1CCC(OC(=O)NC(=O)c2c(F)ccc(OCc3nc4ccc(Cl)cc4s3)c2F)CC1. The van der Waals surface area contributed by atoms with Crippen LogP contribution in [-0.2, 0) is 11.3 Å². The van der Waals surface area contributed by atoms with Gasteiger partial charge in [-0.1, -0.05) is 11.6 Å². The van der Waals surface area contributed by atoms with Crippen LogP contribution in [0, 0.1) is 11.6 Å². The van der Waals surface area contributed by atoms with E-state index in [1.165, 1.54) is 11.3 Å². The molecule has 0 unspecified atom stereocenters. The van der Waals surface area contributed by atoms with Crippen molar-refractivity contribution < 1.29 is 27.8 Å². The minimum Gasteiger partial charge on any atom is -0.483 e. The maximum absolute atomic E-state index is 14.9. The summed E-state index contributed by atoms with van der Waals surface area (Å²) in [5, 5.41) is 3.00. The molecule has 2 heterocycles. The molecule has 0 saturated carbocycles. The summed E-state index contributed by atoms with van der Waals surface area (Å²) >= 11 is 7.28. The molecule has 1 aliphatic rings. The molecule has 1 fully saturated rings. The molecule has 1 saturated heterocycles. The van der Waals surface area contributed by atoms with E-state index in [2.05, 4.69) is 9.88 Å². The molecule has 3 aromatic rings. The number of rotatable bonds is 5. The highest BCUT2D eigenvalue weighted by Gasteiger charge is 2.26. The van der Waals surface area contributed by atoms with E-state index in [4.69, 9.17) is 21.1 Å². The van der Waals surface area contributed by atoms with E-state index in [9.17, 15) is 18.4 Å². The predicted octanol–water partition coefficient (Wildman–Crippen LogP) is 4.77. The first-order chi connectivity index (χ1) is 15.8. The molecule has 0 radical (unpaired) electrons. The van der Waals surface area contributed by atoms with Crippen LogP contribution in [0.25, 0.3) is 10.2 Å². The number of nitrogens with zero attached hydrogens (tertiary/aromatic N) is 2. The minimum atomic E-state index is -1.25. The molecular weight excluding hydrogens is 476 g/mol. The van der Waals surface area contributed by atoms with Gasteiger partial charge in [-0.15, -0.1) is 11.3 Å². The van der Waals surface area contributed by atoms with Crippen molar-refractivity contribution in [3.05, 3.63) is 57.6 Å². The highest BCUT2D eigenvalue weighted by Crippen LogP contribution is 2.28. The van der Waals surface area contributed by atoms with Crippen LogP contribution >= 0.6 is 22.9 Å². The van der Waals surface area contributed by atoms with Gasteiger partial charge in [-0.25, -0.2) is 18.6 Å². The van der Waals surface area contributed by atoms with Crippen molar-refractivity contribution in [1.82, 2.24) is 15.2 Å². The summed E-state index contributed by atoms with van der Waals surface area (Å²) in [5.74, 6) is -3.94. The lowest BCUT2D eigenvalue weighted by atomic mass is 10.1. The number of alkyl carbamates (subject to hydrolysis) is 1. The second-order valence-electron chi connectivity index (χ2n) is 7.60. The summed E-state index contributed by atoms with van der Waals surface area (Å²) in [5.41, 5.74) is -0.213. The van der Waals surface area contributed by atoms with Gasteiger partial charge in [0.25, 0.3) is 5.91 Å². The number of carbonyl (C=O) groups is 2. The second kappa shape index (κ2) is 9.98. The first-order valence-corrected chi connectivity index (χ1v) is 11.4. The molecule has 7 nitrogen and oxygen atoms in total. The Morgan fingerprint density at radius 1 is 1.24 bits per heavy atom. The fourth-order valence-electron chi connectivity index (χ4n) is 3.44. The Kier molecular flexibility index (Phi) is 7.06. The molecule has 1 N–H and O–H groups in total. The average molecular weight is 496 g/mol. The molecular formula is C22H20ClF2N3O4S. The van der Waals surface area contributed by atoms with Crippen LogP contribution in [0.5, 0.6) is 5.75 Å². The standard InChI is InChI=1S/C22H20ClF2N3O4S/c1-28-8-6-13(7-9-28)32-22(30)27-21(29)19-14(24)3-5-16(20(19)25)31-11-18-26-15-4-2-12(23)10-17(15)33-18/h2-5,10,13H,6-9,11H2,1H3,(H,27,29,30). The van der Waals surface area contributed by atoms with Gasteiger partial charge in [0.05, 0.1) is 10.2 Å². The predicted molar refractivity (Wildman–Crippen MR) is 120 cm³/mol. The number of aromatic nitrogens is 1. The van der Waals surface area contributed by atoms with Gasteiger partial charge in [0.2, 0.25) is 0 Å². The highest BCUT2D eigenvalue weighted by molar-refractivity contribution is 7.18. The van der Waals surface area contributed by atoms with Gasteiger partial charge in [-0.05, 0) is 50.2 Å². The van der Waals surface area contributed by atoms with Crippen LogP contribution < -0.4 is 10.1 Å². The molecule has 2 amide bonds. The zero-order valence-corrected chi connectivity index (χ0v) is 19.1. The van der Waals surface area contributed by atoms with Crippen LogP contribution in [0.4, 0.5) is 13.6 Å². The van der Waals surface area contributed by atoms with E-state index in [1.807, 2.05) is 12.4 Å². The van der Waals surface area contributed by atoms with Gasteiger partial charge in [-0.2, -0.15) is 0 Å². The number of hydrogen-bond acceptors (Lipinski definition) is 7. The molecule has 0 aliphatic carbocycles. The maximum atomic E-state index is 14.9. The Morgan fingerprint density at radius 2 is 2.00 bits per heavy atom. The van der Waals surface area contributed by atoms with E-state index < -0.39 is 29.2 Å². The number of halogens is 3. The topological polar surface area (TPSA) is 80.8 Å². The number of thiazole rings is 1. The Bertz CT molecular complexity index is 1200. The summed E-state index contributed by atoms with van der Waals surface area (Å²) < 4.78 is 40.6. The molecule has 0 atom stereocenters. The second-order valence-corrected chi connectivity index (χ2v) is 9.16. The number of hydrogen-bond donors (Lipinski definition) is 1. The van der Waals surface area contributed by atoms with Crippen molar-refractivity contribution in [3.63, 3.8) is 0 Å². The third-order valence-corrected chi connectivity index (χ3v) is 6.41. The molecule has 2 aromatic carbocycles. The number of piperidine rings is 1. The molecule has 1 aromatic heterocycles. The number of nitrogens with one attached hydrogen (secondary N) is 1. The number of imide groups is 1. The Hall–Kier alpha value is -2.82. The number of benzene rings is 2. The van der Waals surface area contributed by atoms with Gasteiger partial charge < -0.3 is 14.4 Å². The number of amides is 2. The first kappa shape index (κ1) is 23.3. The Labute approximate surface area is 197 Å². The molecule has 11 heteroatoms. The summed E-state index contributed by atoms with van der Waals surface area (Å²) in [6.45, 7) is 1.39. The van der Waals surface area contributed by atoms with E-state index in [0.717, 1.165) is 29.9 Å². The fourth-order valence-corrected chi connectivity index (χ4v) is 4.60. The number of carbonyl (C=O) groups excluding carboxylic acids is 2. The van der Waals surface area contributed by atoms with Crippen LogP contribution in [0.1, 0.15) is 28.2 Å². The lowest BCUT2D eigenvalue weighted by Crippen LogP contribution is -2.39. The molecule has 1 aliphatic heterocycles. The molecule has 4 rings (SSSR count). The number of likely N-dealkylation sites (tertiary alicyclic amines) is 1. The zero-order chi connectivity index (χ0) is 23.5. The highest BCUT2D eigenvalue weighted by atomic mass is 35.5. The monoisotopic (exact) mass is 495 g/mol. The zero-order valence-electron chi connectivity index (χ0n) is 17.6. The Morgan fingerprint density at radius 3 is 2.76 bits per heavy atom. The van der Waals surface area contributed by atoms with E-state index >= 15 is 0 Å². The van der Waals surface area contributed by atoms with Crippen LogP contribution in [0.2, 0.25) is 5.02 Å². The van der Waals surface area contributed by atoms with Crippen LogP contribution in [-0.4, -0.2) is 48.1 Å². The third kappa shape index (κ3) is 5.58. The van der Waals surface area contributed by atoms with E-state index in [0.29, 0.717) is 28.4 Å². The van der Waals surface area contributed by atoms with Crippen molar-refractivity contribution in [3.8, 4) is 5.75 Å². The van der Waals surface area contributed by atoms with Crippen molar-refractivity contribution in [2.24, 2.45) is 0 Å². The number of fused-ring (bicyclic) bond motifs is 1. The van der Waals surface area contributed by atoms with Crippen LogP contribution in [0.15, 0.2) is 30.3 Å². The van der Waals surface area contributed by atoms with E-state index in [-0.39, 0.29) is 18.5 Å². The van der Waals surface area contributed by atoms with E-state index in [1.54, 1.807) is 18.2 Å². The third-order valence-electron chi connectivity index (χ3n) is 5.18. The minimum absolute atomic E-state index is 0.0985. The smallest absolute Gasteiger partial charge is 0.414 e.